The van der Waals surface area contributed by atoms with Crippen molar-refractivity contribution in [2.75, 3.05) is 11.1 Å². The Morgan fingerprint density at radius 3 is 2.48 bits per heavy atom. The number of hydrogen-bond donors (Lipinski definition) is 1. The molecule has 1 N–H and O–H groups in total. The summed E-state index contributed by atoms with van der Waals surface area (Å²) in [6.45, 7) is 0. The van der Waals surface area contributed by atoms with Crippen molar-refractivity contribution in [2.45, 2.75) is 5.03 Å². The van der Waals surface area contributed by atoms with E-state index in [1.54, 1.807) is 36.9 Å². The van der Waals surface area contributed by atoms with E-state index < -0.39 is 0 Å². The summed E-state index contributed by atoms with van der Waals surface area (Å²) in [5, 5.41) is 11.7. The van der Waals surface area contributed by atoms with Crippen LogP contribution in [0.1, 0.15) is 0 Å². The van der Waals surface area contributed by atoms with E-state index in [0.717, 1.165) is 11.3 Å². The zero-order valence-electron chi connectivity index (χ0n) is 12.1. The van der Waals surface area contributed by atoms with Crippen molar-refractivity contribution in [2.24, 2.45) is 0 Å². The second kappa shape index (κ2) is 7.46. The number of amides is 1. The Morgan fingerprint density at radius 1 is 1.00 bits per heavy atom. The highest BCUT2D eigenvalue weighted by atomic mass is 32.2. The number of anilines is 1. The molecule has 7 heteroatoms. The van der Waals surface area contributed by atoms with Gasteiger partial charge in [-0.2, -0.15) is 0 Å². The topological polar surface area (TPSA) is 80.7 Å². The number of nitrogens with zero attached hydrogens (tertiary/aromatic N) is 4. The quantitative estimate of drug-likeness (QED) is 0.727. The summed E-state index contributed by atoms with van der Waals surface area (Å²) in [5.74, 6) is 0.150. The first kappa shape index (κ1) is 15.1. The zero-order chi connectivity index (χ0) is 15.9. The number of aromatic nitrogens is 4. The summed E-state index contributed by atoms with van der Waals surface area (Å²) in [6, 6.07) is 11.0. The summed E-state index contributed by atoms with van der Waals surface area (Å²) in [7, 11) is 0. The molecule has 0 fully saturated rings. The second-order valence-corrected chi connectivity index (χ2v) is 5.57. The van der Waals surface area contributed by atoms with Gasteiger partial charge in [-0.3, -0.25) is 14.8 Å². The summed E-state index contributed by atoms with van der Waals surface area (Å²) < 4.78 is 0. The predicted molar refractivity (Wildman–Crippen MR) is 88.9 cm³/mol. The van der Waals surface area contributed by atoms with Crippen LogP contribution in [0.25, 0.3) is 11.3 Å². The predicted octanol–water partition coefficient (Wildman–Crippen LogP) is 2.66. The molecule has 3 aromatic rings. The smallest absolute Gasteiger partial charge is 0.234 e. The molecule has 0 aromatic carbocycles. The Morgan fingerprint density at radius 2 is 1.83 bits per heavy atom. The molecular formula is C16H13N5OS. The van der Waals surface area contributed by atoms with Crippen molar-refractivity contribution in [3.63, 3.8) is 0 Å². The van der Waals surface area contributed by atoms with Crippen molar-refractivity contribution in [1.82, 2.24) is 20.2 Å². The van der Waals surface area contributed by atoms with E-state index >= 15 is 0 Å². The van der Waals surface area contributed by atoms with Crippen LogP contribution in [0.4, 0.5) is 5.69 Å². The second-order valence-electron chi connectivity index (χ2n) is 4.58. The molecule has 3 rings (SSSR count). The van der Waals surface area contributed by atoms with E-state index in [9.17, 15) is 4.79 Å². The summed E-state index contributed by atoms with van der Waals surface area (Å²) >= 11 is 1.33. The number of hydrogen-bond acceptors (Lipinski definition) is 6. The summed E-state index contributed by atoms with van der Waals surface area (Å²) in [6.07, 6.45) is 6.70. The third kappa shape index (κ3) is 4.33. The van der Waals surface area contributed by atoms with Crippen molar-refractivity contribution in [3.8, 4) is 11.3 Å². The molecule has 6 nitrogen and oxygen atoms in total. The maximum absolute atomic E-state index is 11.9. The highest BCUT2D eigenvalue weighted by Gasteiger charge is 2.06. The SMILES string of the molecule is O=C(CSc1ccc(-c2cccnc2)nn1)Nc1cccnc1. The molecule has 0 spiro atoms. The molecule has 23 heavy (non-hydrogen) atoms. The van der Waals surface area contributed by atoms with Gasteiger partial charge in [-0.25, -0.2) is 0 Å². The molecule has 0 aliphatic rings. The number of rotatable bonds is 5. The molecule has 0 saturated carbocycles. The first-order chi connectivity index (χ1) is 11.3. The molecule has 0 atom stereocenters. The van der Waals surface area contributed by atoms with Gasteiger partial charge in [-0.05, 0) is 36.4 Å². The van der Waals surface area contributed by atoms with Crippen LogP contribution in [0.5, 0.6) is 0 Å². The van der Waals surface area contributed by atoms with Gasteiger partial charge in [0.25, 0.3) is 0 Å². The fraction of sp³-hybridized carbons (Fsp3) is 0.0625. The number of carbonyl (C=O) groups excluding carboxylic acids is 1. The van der Waals surface area contributed by atoms with Crippen molar-refractivity contribution in [1.29, 1.82) is 0 Å². The average Bonchev–Trinajstić information content (AvgIpc) is 2.62. The lowest BCUT2D eigenvalue weighted by atomic mass is 10.2. The zero-order valence-corrected chi connectivity index (χ0v) is 12.9. The molecule has 0 saturated heterocycles. The van der Waals surface area contributed by atoms with E-state index in [1.165, 1.54) is 11.8 Å². The minimum atomic E-state index is -0.110. The number of carbonyl (C=O) groups is 1. The Labute approximate surface area is 137 Å². The third-order valence-corrected chi connectivity index (χ3v) is 3.81. The summed E-state index contributed by atoms with van der Waals surface area (Å²) in [4.78, 5) is 19.9. The first-order valence-electron chi connectivity index (χ1n) is 6.88. The van der Waals surface area contributed by atoms with Crippen LogP contribution in [-0.4, -0.2) is 31.8 Å². The summed E-state index contributed by atoms with van der Waals surface area (Å²) in [5.41, 5.74) is 2.34. The van der Waals surface area contributed by atoms with Crippen LogP contribution in [0.2, 0.25) is 0 Å². The van der Waals surface area contributed by atoms with E-state index in [4.69, 9.17) is 0 Å². The van der Waals surface area contributed by atoms with Gasteiger partial charge >= 0.3 is 0 Å². The highest BCUT2D eigenvalue weighted by molar-refractivity contribution is 7.99. The Balaban J connectivity index is 1.55. The Kier molecular flexibility index (Phi) is 4.90. The van der Waals surface area contributed by atoms with Crippen molar-refractivity contribution in [3.05, 3.63) is 61.2 Å². The van der Waals surface area contributed by atoms with Gasteiger partial charge in [-0.15, -0.1) is 10.2 Å². The van der Waals surface area contributed by atoms with Gasteiger partial charge in [0, 0.05) is 24.2 Å². The highest BCUT2D eigenvalue weighted by Crippen LogP contribution is 2.19. The lowest BCUT2D eigenvalue weighted by Crippen LogP contribution is -2.14. The van der Waals surface area contributed by atoms with Gasteiger partial charge in [-0.1, -0.05) is 11.8 Å². The van der Waals surface area contributed by atoms with Crippen molar-refractivity contribution >= 4 is 23.4 Å². The molecule has 0 aliphatic carbocycles. The minimum absolute atomic E-state index is 0.110. The van der Waals surface area contributed by atoms with E-state index in [1.807, 2.05) is 24.3 Å². The van der Waals surface area contributed by atoms with Crippen LogP contribution in [0, 0.1) is 0 Å². The van der Waals surface area contributed by atoms with Gasteiger partial charge in [0.2, 0.25) is 5.91 Å². The van der Waals surface area contributed by atoms with Gasteiger partial charge in [0.15, 0.2) is 0 Å². The Bertz CT molecular complexity index is 765. The van der Waals surface area contributed by atoms with Crippen LogP contribution in [0.15, 0.2) is 66.2 Å². The first-order valence-corrected chi connectivity index (χ1v) is 7.86. The van der Waals surface area contributed by atoms with Crippen LogP contribution >= 0.6 is 11.8 Å². The molecule has 3 aromatic heterocycles. The molecule has 0 radical (unpaired) electrons. The maximum atomic E-state index is 11.9. The van der Waals surface area contributed by atoms with Gasteiger partial charge in [0.1, 0.15) is 5.03 Å². The lowest BCUT2D eigenvalue weighted by molar-refractivity contribution is -0.113. The molecule has 0 unspecified atom stereocenters. The molecule has 1 amide bonds. The van der Waals surface area contributed by atoms with Crippen LogP contribution < -0.4 is 5.32 Å². The normalized spacial score (nSPS) is 10.3. The molecule has 114 valence electrons. The van der Waals surface area contributed by atoms with Gasteiger partial charge in [0.05, 0.1) is 23.3 Å². The largest absolute Gasteiger partial charge is 0.324 e. The molecule has 3 heterocycles. The Hall–Kier alpha value is -2.80. The molecule has 0 aliphatic heterocycles. The van der Waals surface area contributed by atoms with E-state index in [0.29, 0.717) is 10.7 Å². The monoisotopic (exact) mass is 323 g/mol. The minimum Gasteiger partial charge on any atom is -0.324 e. The van der Waals surface area contributed by atoms with Crippen LogP contribution in [0.3, 0.4) is 0 Å². The average molecular weight is 323 g/mol. The number of nitrogens with one attached hydrogen (secondary N) is 1. The number of pyridine rings is 2. The fourth-order valence-electron chi connectivity index (χ4n) is 1.84. The van der Waals surface area contributed by atoms with Crippen molar-refractivity contribution < 1.29 is 4.79 Å². The van der Waals surface area contributed by atoms with E-state index in [-0.39, 0.29) is 11.7 Å². The van der Waals surface area contributed by atoms with Gasteiger partial charge < -0.3 is 5.32 Å². The molecular weight excluding hydrogens is 310 g/mol. The maximum Gasteiger partial charge on any atom is 0.234 e. The molecule has 0 bridgehead atoms. The lowest BCUT2D eigenvalue weighted by Gasteiger charge is -2.04. The fourth-order valence-corrected chi connectivity index (χ4v) is 2.45. The van der Waals surface area contributed by atoms with Crippen LogP contribution in [-0.2, 0) is 4.79 Å². The number of thioether (sulfide) groups is 1. The van der Waals surface area contributed by atoms with E-state index in [2.05, 4.69) is 25.5 Å². The standard InChI is InChI=1S/C16H13N5OS/c22-15(19-13-4-2-8-18-10-13)11-23-16-6-5-14(20-21-16)12-3-1-7-17-9-12/h1-10H,11H2,(H,19,22). The third-order valence-electron chi connectivity index (χ3n) is 2.89.